The molecule has 8 heteroatoms. The number of rotatable bonds is 4. The molecule has 2 heterocycles. The predicted octanol–water partition coefficient (Wildman–Crippen LogP) is 1.86. The minimum Gasteiger partial charge on any atom is -0.480 e. The molecule has 0 aliphatic carbocycles. The first-order chi connectivity index (χ1) is 12.8. The fourth-order valence-electron chi connectivity index (χ4n) is 3.91. The van der Waals surface area contributed by atoms with Gasteiger partial charge in [-0.15, -0.1) is 0 Å². The molecule has 2 unspecified atom stereocenters. The molecule has 1 N–H and O–H groups in total. The molecule has 0 aromatic heterocycles. The molecule has 3 rings (SSSR count). The van der Waals surface area contributed by atoms with Crippen molar-refractivity contribution in [3.8, 4) is 0 Å². The molecule has 2 aliphatic rings. The van der Waals surface area contributed by atoms with Crippen LogP contribution in [-0.4, -0.2) is 60.3 Å². The van der Waals surface area contributed by atoms with Crippen LogP contribution in [0.25, 0.3) is 0 Å². The number of carboxylic acid groups (broad SMARTS) is 1. The van der Waals surface area contributed by atoms with E-state index < -0.39 is 28.0 Å². The molecular weight excluding hydrogens is 368 g/mol. The van der Waals surface area contributed by atoms with E-state index in [9.17, 15) is 23.1 Å². The topological polar surface area (TPSA) is 95.0 Å². The first-order valence-corrected chi connectivity index (χ1v) is 10.8. The van der Waals surface area contributed by atoms with Crippen LogP contribution in [0.1, 0.15) is 37.7 Å². The number of aryl methyl sites for hydroxylation is 1. The Labute approximate surface area is 160 Å². The molecule has 2 fully saturated rings. The van der Waals surface area contributed by atoms with Gasteiger partial charge >= 0.3 is 5.97 Å². The molecule has 0 bridgehead atoms. The predicted molar refractivity (Wildman–Crippen MR) is 99.6 cm³/mol. The number of piperidine rings is 2. The standard InChI is InChI=1S/C19H26N2O5S/c1-14-7-9-16(10-8-14)27(25,26)20-11-4-5-15(13-20)18(22)21-12-3-2-6-17(21)19(23)24/h7-10,15,17H,2-6,11-13H2,1H3,(H,23,24). The van der Waals surface area contributed by atoms with Gasteiger partial charge in [0, 0.05) is 19.6 Å². The lowest BCUT2D eigenvalue weighted by Crippen LogP contribution is -2.53. The first-order valence-electron chi connectivity index (χ1n) is 9.41. The van der Waals surface area contributed by atoms with Gasteiger partial charge in [-0.05, 0) is 51.2 Å². The zero-order valence-electron chi connectivity index (χ0n) is 15.5. The van der Waals surface area contributed by atoms with E-state index >= 15 is 0 Å². The fraction of sp³-hybridized carbons (Fsp3) is 0.579. The Balaban J connectivity index is 1.76. The fourth-order valence-corrected chi connectivity index (χ4v) is 5.43. The minimum absolute atomic E-state index is 0.109. The second kappa shape index (κ2) is 7.98. The summed E-state index contributed by atoms with van der Waals surface area (Å²) in [4.78, 5) is 26.1. The minimum atomic E-state index is -3.66. The average molecular weight is 394 g/mol. The van der Waals surface area contributed by atoms with Gasteiger partial charge in [-0.3, -0.25) is 4.79 Å². The average Bonchev–Trinajstić information content (AvgIpc) is 2.68. The summed E-state index contributed by atoms with van der Waals surface area (Å²) in [6.07, 6.45) is 3.21. The van der Waals surface area contributed by atoms with Crippen molar-refractivity contribution < 1.29 is 23.1 Å². The highest BCUT2D eigenvalue weighted by Crippen LogP contribution is 2.27. The van der Waals surface area contributed by atoms with Gasteiger partial charge in [0.05, 0.1) is 10.8 Å². The highest BCUT2D eigenvalue weighted by molar-refractivity contribution is 7.89. The molecule has 148 valence electrons. The molecule has 2 atom stereocenters. The largest absolute Gasteiger partial charge is 0.480 e. The summed E-state index contributed by atoms with van der Waals surface area (Å²) in [7, 11) is -3.66. The van der Waals surface area contributed by atoms with E-state index in [1.54, 1.807) is 24.3 Å². The molecule has 2 aliphatic heterocycles. The number of carbonyl (C=O) groups is 2. The van der Waals surface area contributed by atoms with Gasteiger partial charge in [0.1, 0.15) is 6.04 Å². The number of aliphatic carboxylic acids is 1. The zero-order chi connectivity index (χ0) is 19.6. The van der Waals surface area contributed by atoms with Gasteiger partial charge in [0.2, 0.25) is 15.9 Å². The van der Waals surface area contributed by atoms with Crippen LogP contribution in [-0.2, 0) is 19.6 Å². The highest BCUT2D eigenvalue weighted by Gasteiger charge is 2.39. The van der Waals surface area contributed by atoms with Gasteiger partial charge in [0.25, 0.3) is 0 Å². The third kappa shape index (κ3) is 4.16. The smallest absolute Gasteiger partial charge is 0.326 e. The number of amides is 1. The van der Waals surface area contributed by atoms with E-state index in [4.69, 9.17) is 0 Å². The number of carboxylic acids is 1. The van der Waals surface area contributed by atoms with Crippen molar-refractivity contribution in [3.63, 3.8) is 0 Å². The second-order valence-corrected chi connectivity index (χ2v) is 9.33. The summed E-state index contributed by atoms with van der Waals surface area (Å²) < 4.78 is 27.2. The lowest BCUT2D eigenvalue weighted by Gasteiger charge is -2.38. The van der Waals surface area contributed by atoms with Gasteiger partial charge in [-0.1, -0.05) is 17.7 Å². The van der Waals surface area contributed by atoms with Crippen molar-refractivity contribution in [2.24, 2.45) is 5.92 Å². The normalized spacial score (nSPS) is 24.6. The number of benzene rings is 1. The maximum absolute atomic E-state index is 13.0. The van der Waals surface area contributed by atoms with Crippen LogP contribution in [0, 0.1) is 12.8 Å². The Morgan fingerprint density at radius 3 is 2.41 bits per heavy atom. The molecule has 0 saturated carbocycles. The van der Waals surface area contributed by atoms with Crippen LogP contribution in [0.3, 0.4) is 0 Å². The summed E-state index contributed by atoms with van der Waals surface area (Å²) in [6.45, 7) is 2.81. The molecule has 2 saturated heterocycles. The number of hydrogen-bond acceptors (Lipinski definition) is 4. The Morgan fingerprint density at radius 2 is 1.74 bits per heavy atom. The van der Waals surface area contributed by atoms with E-state index in [0.29, 0.717) is 32.4 Å². The number of nitrogens with zero attached hydrogens (tertiary/aromatic N) is 2. The van der Waals surface area contributed by atoms with E-state index in [-0.39, 0.29) is 17.3 Å². The van der Waals surface area contributed by atoms with E-state index in [0.717, 1.165) is 18.4 Å². The Kier molecular flexibility index (Phi) is 5.86. The van der Waals surface area contributed by atoms with E-state index in [1.807, 2.05) is 6.92 Å². The summed E-state index contributed by atoms with van der Waals surface area (Å²) in [5.41, 5.74) is 0.977. The van der Waals surface area contributed by atoms with Gasteiger partial charge in [-0.2, -0.15) is 4.31 Å². The van der Waals surface area contributed by atoms with Crippen molar-refractivity contribution >= 4 is 21.9 Å². The molecule has 27 heavy (non-hydrogen) atoms. The Hall–Kier alpha value is -1.93. The maximum Gasteiger partial charge on any atom is 0.326 e. The van der Waals surface area contributed by atoms with Gasteiger partial charge in [-0.25, -0.2) is 13.2 Å². The zero-order valence-corrected chi connectivity index (χ0v) is 16.3. The van der Waals surface area contributed by atoms with Crippen molar-refractivity contribution in [1.29, 1.82) is 0 Å². The van der Waals surface area contributed by atoms with Crippen LogP contribution < -0.4 is 0 Å². The van der Waals surface area contributed by atoms with E-state index in [2.05, 4.69) is 0 Å². The summed E-state index contributed by atoms with van der Waals surface area (Å²) >= 11 is 0. The summed E-state index contributed by atoms with van der Waals surface area (Å²) in [5.74, 6) is -1.70. The number of sulfonamides is 1. The van der Waals surface area contributed by atoms with Crippen LogP contribution in [0.4, 0.5) is 0 Å². The number of likely N-dealkylation sites (tertiary alicyclic amines) is 1. The van der Waals surface area contributed by atoms with Crippen molar-refractivity contribution in [3.05, 3.63) is 29.8 Å². The van der Waals surface area contributed by atoms with Gasteiger partial charge in [0.15, 0.2) is 0 Å². The van der Waals surface area contributed by atoms with Crippen molar-refractivity contribution in [1.82, 2.24) is 9.21 Å². The van der Waals surface area contributed by atoms with Crippen LogP contribution >= 0.6 is 0 Å². The SMILES string of the molecule is Cc1ccc(S(=O)(=O)N2CCCC(C(=O)N3CCCCC3C(=O)O)C2)cc1. The maximum atomic E-state index is 13.0. The lowest BCUT2D eigenvalue weighted by atomic mass is 9.94. The molecule has 1 amide bonds. The molecule has 0 spiro atoms. The van der Waals surface area contributed by atoms with Gasteiger partial charge < -0.3 is 10.0 Å². The van der Waals surface area contributed by atoms with Crippen molar-refractivity contribution in [2.45, 2.75) is 50.0 Å². The molecule has 0 radical (unpaired) electrons. The van der Waals surface area contributed by atoms with Crippen LogP contribution in [0.5, 0.6) is 0 Å². The van der Waals surface area contributed by atoms with Crippen LogP contribution in [0.2, 0.25) is 0 Å². The van der Waals surface area contributed by atoms with Crippen LogP contribution in [0.15, 0.2) is 29.2 Å². The summed E-state index contributed by atoms with van der Waals surface area (Å²) in [5, 5.41) is 9.41. The second-order valence-electron chi connectivity index (χ2n) is 7.40. The van der Waals surface area contributed by atoms with E-state index in [1.165, 1.54) is 9.21 Å². The number of carbonyl (C=O) groups excluding carboxylic acids is 1. The molecular formula is C19H26N2O5S. The molecule has 7 nitrogen and oxygen atoms in total. The quantitative estimate of drug-likeness (QED) is 0.841. The van der Waals surface area contributed by atoms with Crippen molar-refractivity contribution in [2.75, 3.05) is 19.6 Å². The monoisotopic (exact) mass is 394 g/mol. The Bertz CT molecular complexity index is 806. The highest BCUT2D eigenvalue weighted by atomic mass is 32.2. The summed E-state index contributed by atoms with van der Waals surface area (Å²) in [6, 6.07) is 5.88. The molecule has 1 aromatic rings. The third-order valence-corrected chi connectivity index (χ3v) is 7.34. The third-order valence-electron chi connectivity index (χ3n) is 5.46. The first kappa shape index (κ1) is 19.8. The lowest BCUT2D eigenvalue weighted by molar-refractivity contribution is -0.154. The Morgan fingerprint density at radius 1 is 1.04 bits per heavy atom. The molecule has 1 aromatic carbocycles. The number of hydrogen-bond donors (Lipinski definition) is 1.